The van der Waals surface area contributed by atoms with Crippen LogP contribution in [-0.2, 0) is 16.0 Å². The van der Waals surface area contributed by atoms with Crippen LogP contribution >= 0.6 is 12.2 Å². The average Bonchev–Trinajstić information content (AvgIpc) is 3.19. The molecule has 27 heavy (non-hydrogen) atoms. The van der Waals surface area contributed by atoms with E-state index < -0.39 is 5.91 Å². The number of carbonyl (C=O) groups excluding carboxylic acids is 2. The minimum atomic E-state index is -0.438. The maximum Gasteiger partial charge on any atom is 0.250 e. The SMILES string of the molecule is O=C(C=Cc1ccco1)NC(=S)NNC(=O)Cc1cccc2ccccc12. The monoisotopic (exact) mass is 379 g/mol. The first-order valence-corrected chi connectivity index (χ1v) is 8.60. The Bertz CT molecular complexity index is 991. The smallest absolute Gasteiger partial charge is 0.250 e. The topological polar surface area (TPSA) is 83.4 Å². The summed E-state index contributed by atoms with van der Waals surface area (Å²) in [5.41, 5.74) is 5.91. The first-order chi connectivity index (χ1) is 13.1. The number of fused-ring (bicyclic) bond motifs is 1. The van der Waals surface area contributed by atoms with Gasteiger partial charge in [-0.2, -0.15) is 0 Å². The largest absolute Gasteiger partial charge is 0.465 e. The van der Waals surface area contributed by atoms with Crippen molar-refractivity contribution in [2.75, 3.05) is 0 Å². The summed E-state index contributed by atoms with van der Waals surface area (Å²) in [4.78, 5) is 23.9. The number of hydrazine groups is 1. The molecule has 3 aromatic rings. The van der Waals surface area contributed by atoms with Crippen molar-refractivity contribution in [3.8, 4) is 0 Å². The van der Waals surface area contributed by atoms with Gasteiger partial charge in [0.1, 0.15) is 5.76 Å². The van der Waals surface area contributed by atoms with E-state index in [4.69, 9.17) is 16.6 Å². The number of benzene rings is 2. The first-order valence-electron chi connectivity index (χ1n) is 8.20. The molecule has 0 radical (unpaired) electrons. The molecule has 0 fully saturated rings. The lowest BCUT2D eigenvalue weighted by Crippen LogP contribution is -2.48. The molecule has 0 aliphatic rings. The number of carbonyl (C=O) groups is 2. The highest BCUT2D eigenvalue weighted by Crippen LogP contribution is 2.18. The maximum absolute atomic E-state index is 12.2. The average molecular weight is 379 g/mol. The van der Waals surface area contributed by atoms with E-state index in [1.807, 2.05) is 42.5 Å². The molecule has 2 aromatic carbocycles. The molecule has 2 amide bonds. The fourth-order valence-corrected chi connectivity index (χ4v) is 2.67. The van der Waals surface area contributed by atoms with Gasteiger partial charge in [-0.1, -0.05) is 42.5 Å². The molecule has 1 aromatic heterocycles. The molecule has 3 N–H and O–H groups in total. The van der Waals surface area contributed by atoms with Crippen LogP contribution < -0.4 is 16.2 Å². The molecule has 0 bridgehead atoms. The van der Waals surface area contributed by atoms with E-state index in [0.717, 1.165) is 16.3 Å². The van der Waals surface area contributed by atoms with E-state index in [0.29, 0.717) is 5.76 Å². The highest BCUT2D eigenvalue weighted by Gasteiger charge is 2.08. The van der Waals surface area contributed by atoms with Crippen LogP contribution in [0.2, 0.25) is 0 Å². The van der Waals surface area contributed by atoms with Crippen LogP contribution in [-0.4, -0.2) is 16.9 Å². The fraction of sp³-hybridized carbons (Fsp3) is 0.0500. The van der Waals surface area contributed by atoms with Crippen LogP contribution in [0, 0.1) is 0 Å². The molecule has 0 saturated heterocycles. The van der Waals surface area contributed by atoms with Crippen molar-refractivity contribution in [3.05, 3.63) is 78.3 Å². The van der Waals surface area contributed by atoms with Crippen LogP contribution in [0.25, 0.3) is 16.8 Å². The van der Waals surface area contributed by atoms with Crippen LogP contribution in [0.15, 0.2) is 71.4 Å². The first kappa shape index (κ1) is 18.3. The highest BCUT2D eigenvalue weighted by atomic mass is 32.1. The van der Waals surface area contributed by atoms with Crippen molar-refractivity contribution in [2.45, 2.75) is 6.42 Å². The van der Waals surface area contributed by atoms with E-state index >= 15 is 0 Å². The third-order valence-electron chi connectivity index (χ3n) is 3.73. The number of amides is 2. The Morgan fingerprint density at radius 1 is 1.00 bits per heavy atom. The molecular weight excluding hydrogens is 362 g/mol. The molecule has 0 aliphatic carbocycles. The second kappa shape index (κ2) is 8.77. The summed E-state index contributed by atoms with van der Waals surface area (Å²) >= 11 is 4.99. The molecule has 0 spiro atoms. The summed E-state index contributed by atoms with van der Waals surface area (Å²) in [5, 5.41) is 4.52. The molecule has 3 rings (SSSR count). The van der Waals surface area contributed by atoms with E-state index in [-0.39, 0.29) is 17.4 Å². The fourth-order valence-electron chi connectivity index (χ4n) is 2.52. The van der Waals surface area contributed by atoms with Crippen molar-refractivity contribution in [1.82, 2.24) is 16.2 Å². The lowest BCUT2D eigenvalue weighted by Gasteiger charge is -2.10. The lowest BCUT2D eigenvalue weighted by molar-refractivity contribution is -0.121. The zero-order valence-electron chi connectivity index (χ0n) is 14.3. The number of hydrogen-bond donors (Lipinski definition) is 3. The second-order valence-corrected chi connectivity index (χ2v) is 6.06. The molecule has 7 heteroatoms. The summed E-state index contributed by atoms with van der Waals surface area (Å²) < 4.78 is 5.08. The molecule has 0 saturated carbocycles. The third-order valence-corrected chi connectivity index (χ3v) is 3.93. The summed E-state index contributed by atoms with van der Waals surface area (Å²) in [6, 6.07) is 17.1. The number of rotatable bonds is 4. The Morgan fingerprint density at radius 2 is 1.81 bits per heavy atom. The number of hydrogen-bond acceptors (Lipinski definition) is 4. The summed E-state index contributed by atoms with van der Waals surface area (Å²) in [7, 11) is 0. The minimum absolute atomic E-state index is 0.00429. The zero-order chi connectivity index (χ0) is 19.1. The van der Waals surface area contributed by atoms with Gasteiger partial charge in [0, 0.05) is 6.08 Å². The Morgan fingerprint density at radius 3 is 2.63 bits per heavy atom. The predicted molar refractivity (Wildman–Crippen MR) is 107 cm³/mol. The van der Waals surface area contributed by atoms with Gasteiger partial charge in [-0.15, -0.1) is 0 Å². The molecular formula is C20H17N3O3S. The summed E-state index contributed by atoms with van der Waals surface area (Å²) in [6.45, 7) is 0. The number of nitrogens with one attached hydrogen (secondary N) is 3. The highest BCUT2D eigenvalue weighted by molar-refractivity contribution is 7.80. The van der Waals surface area contributed by atoms with Gasteiger partial charge in [0.2, 0.25) is 11.8 Å². The van der Waals surface area contributed by atoms with E-state index in [9.17, 15) is 9.59 Å². The van der Waals surface area contributed by atoms with E-state index in [1.165, 1.54) is 18.4 Å². The minimum Gasteiger partial charge on any atom is -0.465 e. The van der Waals surface area contributed by atoms with Gasteiger partial charge in [-0.05, 0) is 46.8 Å². The van der Waals surface area contributed by atoms with Gasteiger partial charge in [0.15, 0.2) is 5.11 Å². The maximum atomic E-state index is 12.2. The van der Waals surface area contributed by atoms with E-state index in [2.05, 4.69) is 16.2 Å². The molecule has 0 unspecified atom stereocenters. The Labute approximate surface area is 161 Å². The van der Waals surface area contributed by atoms with Gasteiger partial charge in [-0.3, -0.25) is 25.8 Å². The standard InChI is InChI=1S/C20H17N3O3S/c24-18(11-10-16-8-4-12-26-16)21-20(27)23-22-19(25)13-15-7-3-6-14-5-1-2-9-17(14)15/h1-12H,13H2,(H,22,25)(H2,21,23,24,27). The molecule has 136 valence electrons. The van der Waals surface area contributed by atoms with Crippen LogP contribution in [0.1, 0.15) is 11.3 Å². The Balaban J connectivity index is 1.48. The summed E-state index contributed by atoms with van der Waals surface area (Å²) in [5.74, 6) is -0.159. The van der Waals surface area contributed by atoms with Crippen molar-refractivity contribution >= 4 is 46.0 Å². The van der Waals surface area contributed by atoms with Gasteiger partial charge in [0.05, 0.1) is 12.7 Å². The van der Waals surface area contributed by atoms with Crippen LogP contribution in [0.3, 0.4) is 0 Å². The molecule has 0 atom stereocenters. The predicted octanol–water partition coefficient (Wildman–Crippen LogP) is 2.71. The van der Waals surface area contributed by atoms with Gasteiger partial charge >= 0.3 is 0 Å². The zero-order valence-corrected chi connectivity index (χ0v) is 15.1. The van der Waals surface area contributed by atoms with Crippen molar-refractivity contribution in [3.63, 3.8) is 0 Å². The number of furan rings is 1. The van der Waals surface area contributed by atoms with E-state index in [1.54, 1.807) is 12.1 Å². The van der Waals surface area contributed by atoms with Crippen LogP contribution in [0.5, 0.6) is 0 Å². The molecule has 6 nitrogen and oxygen atoms in total. The van der Waals surface area contributed by atoms with Crippen molar-refractivity contribution in [1.29, 1.82) is 0 Å². The van der Waals surface area contributed by atoms with Gasteiger partial charge < -0.3 is 4.42 Å². The molecule has 0 aliphatic heterocycles. The Kier molecular flexibility index (Phi) is 5.96. The van der Waals surface area contributed by atoms with Gasteiger partial charge in [0.25, 0.3) is 0 Å². The van der Waals surface area contributed by atoms with Crippen LogP contribution in [0.4, 0.5) is 0 Å². The third kappa shape index (κ3) is 5.26. The van der Waals surface area contributed by atoms with Crippen molar-refractivity contribution < 1.29 is 14.0 Å². The molecule has 1 heterocycles. The quantitative estimate of drug-likeness (QED) is 0.369. The Hall–Kier alpha value is -3.45. The number of thiocarbonyl (C=S) groups is 1. The normalized spacial score (nSPS) is 10.7. The summed E-state index contributed by atoms with van der Waals surface area (Å²) in [6.07, 6.45) is 4.49. The second-order valence-electron chi connectivity index (χ2n) is 5.66. The van der Waals surface area contributed by atoms with Gasteiger partial charge in [-0.25, -0.2) is 0 Å². The van der Waals surface area contributed by atoms with Crippen molar-refractivity contribution in [2.24, 2.45) is 0 Å². The lowest BCUT2D eigenvalue weighted by atomic mass is 10.0.